The zero-order valence-electron chi connectivity index (χ0n) is 12.2. The van der Waals surface area contributed by atoms with Gasteiger partial charge >= 0.3 is 5.97 Å². The van der Waals surface area contributed by atoms with Crippen molar-refractivity contribution in [2.24, 2.45) is 17.8 Å². The molecule has 1 saturated carbocycles. The normalized spacial score (nSPS) is 24.5. The molecule has 0 unspecified atom stereocenters. The van der Waals surface area contributed by atoms with E-state index in [0.29, 0.717) is 31.1 Å². The molecular formula is C15H19N3O4. The van der Waals surface area contributed by atoms with Gasteiger partial charge in [0.2, 0.25) is 5.91 Å². The molecule has 1 aromatic rings. The maximum absolute atomic E-state index is 12.3. The molecule has 2 aliphatic rings. The van der Waals surface area contributed by atoms with Gasteiger partial charge in [0.05, 0.1) is 11.6 Å². The van der Waals surface area contributed by atoms with Crippen molar-refractivity contribution in [3.63, 3.8) is 0 Å². The Labute approximate surface area is 127 Å². The number of nitrogens with zero attached hydrogens (tertiary/aromatic N) is 2. The first-order valence-corrected chi connectivity index (χ1v) is 7.60. The van der Waals surface area contributed by atoms with Gasteiger partial charge in [-0.25, -0.2) is 5.10 Å². The number of likely N-dealkylation sites (tertiary alicyclic amines) is 1. The number of hydrogen-bond acceptors (Lipinski definition) is 4. The first kappa shape index (κ1) is 14.7. The minimum absolute atomic E-state index is 0.0394. The Balaban J connectivity index is 1.57. The lowest BCUT2D eigenvalue weighted by Crippen LogP contribution is -2.30. The Kier molecular flexibility index (Phi) is 3.96. The minimum Gasteiger partial charge on any atom is -0.481 e. The maximum Gasteiger partial charge on any atom is 0.308 e. The van der Waals surface area contributed by atoms with Crippen molar-refractivity contribution in [3.05, 3.63) is 28.2 Å². The number of carbonyl (C=O) groups is 2. The number of amides is 1. The third-order valence-electron chi connectivity index (χ3n) is 4.59. The highest BCUT2D eigenvalue weighted by Gasteiger charge is 2.46. The number of carbonyl (C=O) groups excluding carboxylic acids is 1. The van der Waals surface area contributed by atoms with Crippen LogP contribution in [0.15, 0.2) is 16.9 Å². The summed E-state index contributed by atoms with van der Waals surface area (Å²) in [6, 6.07) is 2.98. The van der Waals surface area contributed by atoms with E-state index in [9.17, 15) is 19.5 Å². The third kappa shape index (κ3) is 3.18. The molecule has 1 aliphatic heterocycles. The predicted octanol–water partition coefficient (Wildman–Crippen LogP) is 0.272. The Hall–Kier alpha value is -2.18. The second-order valence-corrected chi connectivity index (χ2v) is 6.16. The summed E-state index contributed by atoms with van der Waals surface area (Å²) in [4.78, 5) is 36.2. The number of aromatic amines is 1. The van der Waals surface area contributed by atoms with Crippen LogP contribution < -0.4 is 5.56 Å². The molecule has 2 atom stereocenters. The Bertz CT molecular complexity index is 617. The molecule has 7 heteroatoms. The minimum atomic E-state index is -0.797. The number of nitrogens with one attached hydrogen (secondary N) is 1. The Morgan fingerprint density at radius 2 is 2.09 bits per heavy atom. The fraction of sp³-hybridized carbons (Fsp3) is 0.600. The van der Waals surface area contributed by atoms with E-state index in [-0.39, 0.29) is 23.8 Å². The van der Waals surface area contributed by atoms with Gasteiger partial charge in [-0.15, -0.1) is 0 Å². The molecule has 3 rings (SSSR count). The summed E-state index contributed by atoms with van der Waals surface area (Å²) in [6.45, 7) is 0.869. The molecule has 2 N–H and O–H groups in total. The van der Waals surface area contributed by atoms with Gasteiger partial charge in [-0.3, -0.25) is 14.4 Å². The zero-order valence-corrected chi connectivity index (χ0v) is 12.2. The lowest BCUT2D eigenvalue weighted by molar-refractivity contribution is -0.142. The molecule has 0 bridgehead atoms. The summed E-state index contributed by atoms with van der Waals surface area (Å²) in [5.74, 6) is -0.688. The van der Waals surface area contributed by atoms with Crippen molar-refractivity contribution in [2.45, 2.75) is 25.7 Å². The number of carboxylic acid groups (broad SMARTS) is 1. The largest absolute Gasteiger partial charge is 0.481 e. The highest BCUT2D eigenvalue weighted by molar-refractivity contribution is 5.79. The second-order valence-electron chi connectivity index (χ2n) is 6.16. The van der Waals surface area contributed by atoms with E-state index in [1.54, 1.807) is 11.0 Å². The lowest BCUT2D eigenvalue weighted by atomic mass is 9.92. The van der Waals surface area contributed by atoms with Crippen molar-refractivity contribution in [2.75, 3.05) is 13.1 Å². The fourth-order valence-electron chi connectivity index (χ4n) is 3.20. The lowest BCUT2D eigenvalue weighted by Gasteiger charge is -2.16. The molecule has 1 aliphatic carbocycles. The predicted molar refractivity (Wildman–Crippen MR) is 77.1 cm³/mol. The second kappa shape index (κ2) is 5.90. The van der Waals surface area contributed by atoms with Gasteiger partial charge in [-0.2, -0.15) is 5.10 Å². The van der Waals surface area contributed by atoms with E-state index in [0.717, 1.165) is 12.8 Å². The SMILES string of the molecule is O=C(O)[C@@H]1CN(C(=O)CCc2ccc(=O)[nH]n2)C[C@H]1C1CC1. The van der Waals surface area contributed by atoms with Crippen molar-refractivity contribution in [1.82, 2.24) is 15.1 Å². The number of carboxylic acids is 1. The van der Waals surface area contributed by atoms with Crippen molar-refractivity contribution >= 4 is 11.9 Å². The first-order chi connectivity index (χ1) is 10.5. The highest BCUT2D eigenvalue weighted by atomic mass is 16.4. The average molecular weight is 305 g/mol. The standard InChI is InChI=1S/C15H19N3O4/c19-13-5-3-10(16-17-13)4-6-14(20)18-7-11(9-1-2-9)12(8-18)15(21)22/h3,5,9,11-12H,1-2,4,6-8H2,(H,17,19)(H,21,22)/t11-,12+/m0/s1. The van der Waals surface area contributed by atoms with Crippen LogP contribution in [0.4, 0.5) is 0 Å². The summed E-state index contributed by atoms with van der Waals surface area (Å²) >= 11 is 0. The van der Waals surface area contributed by atoms with E-state index in [4.69, 9.17) is 0 Å². The Morgan fingerprint density at radius 1 is 1.32 bits per heavy atom. The van der Waals surface area contributed by atoms with Gasteiger partial charge in [-0.05, 0) is 30.7 Å². The van der Waals surface area contributed by atoms with Crippen LogP contribution in [0.3, 0.4) is 0 Å². The van der Waals surface area contributed by atoms with Crippen LogP contribution in [-0.2, 0) is 16.0 Å². The molecule has 7 nitrogen and oxygen atoms in total. The van der Waals surface area contributed by atoms with E-state index in [2.05, 4.69) is 10.2 Å². The van der Waals surface area contributed by atoms with E-state index >= 15 is 0 Å². The molecule has 0 aromatic carbocycles. The molecular weight excluding hydrogens is 286 g/mol. The number of aromatic nitrogens is 2. The van der Waals surface area contributed by atoms with Crippen LogP contribution in [0.5, 0.6) is 0 Å². The average Bonchev–Trinajstić information content (AvgIpc) is 3.24. The summed E-state index contributed by atoms with van der Waals surface area (Å²) < 4.78 is 0. The fourth-order valence-corrected chi connectivity index (χ4v) is 3.20. The van der Waals surface area contributed by atoms with Crippen LogP contribution in [0.2, 0.25) is 0 Å². The molecule has 1 amide bonds. The number of aryl methyl sites for hydroxylation is 1. The summed E-state index contributed by atoms with van der Waals surface area (Å²) in [7, 11) is 0. The van der Waals surface area contributed by atoms with Gasteiger partial charge in [0.15, 0.2) is 0 Å². The molecule has 0 spiro atoms. The topological polar surface area (TPSA) is 103 Å². The molecule has 1 aromatic heterocycles. The highest BCUT2D eigenvalue weighted by Crippen LogP contribution is 2.44. The van der Waals surface area contributed by atoms with E-state index in [1.165, 1.54) is 6.07 Å². The molecule has 2 fully saturated rings. The van der Waals surface area contributed by atoms with E-state index < -0.39 is 11.9 Å². The molecule has 0 radical (unpaired) electrons. The van der Waals surface area contributed by atoms with Gasteiger partial charge in [0, 0.05) is 32.0 Å². The van der Waals surface area contributed by atoms with Crippen molar-refractivity contribution in [3.8, 4) is 0 Å². The van der Waals surface area contributed by atoms with Gasteiger partial charge in [-0.1, -0.05) is 0 Å². The number of H-pyrrole nitrogens is 1. The van der Waals surface area contributed by atoms with Crippen LogP contribution in [0, 0.1) is 17.8 Å². The molecule has 2 heterocycles. The molecule has 118 valence electrons. The van der Waals surface area contributed by atoms with Gasteiger partial charge in [0.25, 0.3) is 5.56 Å². The zero-order chi connectivity index (χ0) is 15.7. The first-order valence-electron chi connectivity index (χ1n) is 7.60. The maximum atomic E-state index is 12.3. The summed E-state index contributed by atoms with van der Waals surface area (Å²) in [5, 5.41) is 15.5. The molecule has 22 heavy (non-hydrogen) atoms. The number of aliphatic carboxylic acids is 1. The number of rotatable bonds is 5. The monoisotopic (exact) mass is 305 g/mol. The summed E-state index contributed by atoms with van der Waals surface area (Å²) in [6.07, 6.45) is 2.89. The quantitative estimate of drug-likeness (QED) is 0.813. The molecule has 1 saturated heterocycles. The van der Waals surface area contributed by atoms with Gasteiger partial charge < -0.3 is 10.0 Å². The third-order valence-corrected chi connectivity index (χ3v) is 4.59. The van der Waals surface area contributed by atoms with Gasteiger partial charge in [0.1, 0.15) is 0 Å². The van der Waals surface area contributed by atoms with Crippen molar-refractivity contribution in [1.29, 1.82) is 0 Å². The van der Waals surface area contributed by atoms with Crippen LogP contribution in [0.1, 0.15) is 25.0 Å². The smallest absolute Gasteiger partial charge is 0.308 e. The Morgan fingerprint density at radius 3 is 2.68 bits per heavy atom. The van der Waals surface area contributed by atoms with Crippen molar-refractivity contribution < 1.29 is 14.7 Å². The number of hydrogen-bond donors (Lipinski definition) is 2. The van der Waals surface area contributed by atoms with Crippen LogP contribution >= 0.6 is 0 Å². The summed E-state index contributed by atoms with van der Waals surface area (Å²) in [5.41, 5.74) is 0.381. The van der Waals surface area contributed by atoms with Crippen LogP contribution in [-0.4, -0.2) is 45.2 Å². The van der Waals surface area contributed by atoms with E-state index in [1.807, 2.05) is 0 Å². The van der Waals surface area contributed by atoms with Crippen LogP contribution in [0.25, 0.3) is 0 Å².